The van der Waals surface area contributed by atoms with Crippen LogP contribution in [0, 0.1) is 12.7 Å². The SMILES string of the molecule is Cc1[nH]c2ccccc2c1S(=O)(=O)c1ccc(F)cc1. The lowest BCUT2D eigenvalue weighted by molar-refractivity contribution is 0.595. The van der Waals surface area contributed by atoms with E-state index in [2.05, 4.69) is 4.98 Å². The van der Waals surface area contributed by atoms with Gasteiger partial charge in [-0.1, -0.05) is 18.2 Å². The highest BCUT2D eigenvalue weighted by Gasteiger charge is 2.24. The lowest BCUT2D eigenvalue weighted by Gasteiger charge is -2.04. The van der Waals surface area contributed by atoms with Crippen LogP contribution in [0.2, 0.25) is 0 Å². The average molecular weight is 289 g/mol. The first-order valence-corrected chi connectivity index (χ1v) is 7.56. The molecule has 3 rings (SSSR count). The van der Waals surface area contributed by atoms with Gasteiger partial charge in [0.1, 0.15) is 5.82 Å². The number of fused-ring (bicyclic) bond motifs is 1. The molecule has 102 valence electrons. The molecule has 2 aromatic carbocycles. The van der Waals surface area contributed by atoms with Gasteiger partial charge in [-0.3, -0.25) is 0 Å². The Labute approximate surface area is 116 Å². The van der Waals surface area contributed by atoms with Crippen molar-refractivity contribution in [3.8, 4) is 0 Å². The van der Waals surface area contributed by atoms with Crippen LogP contribution in [0.4, 0.5) is 4.39 Å². The van der Waals surface area contributed by atoms with Crippen molar-refractivity contribution in [2.45, 2.75) is 16.7 Å². The number of sulfone groups is 1. The first-order valence-electron chi connectivity index (χ1n) is 6.08. The van der Waals surface area contributed by atoms with Gasteiger partial charge < -0.3 is 4.98 Å². The fraction of sp³-hybridized carbons (Fsp3) is 0.0667. The molecule has 1 N–H and O–H groups in total. The molecule has 0 fully saturated rings. The number of aromatic nitrogens is 1. The maximum absolute atomic E-state index is 12.9. The molecule has 20 heavy (non-hydrogen) atoms. The number of nitrogens with one attached hydrogen (secondary N) is 1. The number of benzene rings is 2. The van der Waals surface area contributed by atoms with Crippen LogP contribution < -0.4 is 0 Å². The minimum absolute atomic E-state index is 0.0896. The third-order valence-corrected chi connectivity index (χ3v) is 5.18. The van der Waals surface area contributed by atoms with E-state index >= 15 is 0 Å². The number of halogens is 1. The van der Waals surface area contributed by atoms with Crippen molar-refractivity contribution in [3.63, 3.8) is 0 Å². The number of hydrogen-bond donors (Lipinski definition) is 1. The van der Waals surface area contributed by atoms with Crippen LogP contribution in [0.15, 0.2) is 58.3 Å². The van der Waals surface area contributed by atoms with Crippen LogP contribution in [0.1, 0.15) is 5.69 Å². The predicted octanol–water partition coefficient (Wildman–Crippen LogP) is 3.45. The monoisotopic (exact) mass is 289 g/mol. The maximum atomic E-state index is 12.9. The molecule has 0 bridgehead atoms. The molecule has 0 aliphatic heterocycles. The third kappa shape index (κ3) is 1.91. The van der Waals surface area contributed by atoms with Crippen molar-refractivity contribution in [1.82, 2.24) is 4.98 Å². The third-order valence-electron chi connectivity index (χ3n) is 3.23. The fourth-order valence-electron chi connectivity index (χ4n) is 2.33. The van der Waals surface area contributed by atoms with Gasteiger partial charge in [-0.15, -0.1) is 0 Å². The van der Waals surface area contributed by atoms with E-state index in [-0.39, 0.29) is 9.79 Å². The number of para-hydroxylation sites is 1. The summed E-state index contributed by atoms with van der Waals surface area (Å²) in [7, 11) is -3.67. The first-order chi connectivity index (χ1) is 9.50. The fourth-order valence-corrected chi connectivity index (χ4v) is 3.98. The molecule has 3 nitrogen and oxygen atoms in total. The van der Waals surface area contributed by atoms with E-state index in [0.29, 0.717) is 11.1 Å². The quantitative estimate of drug-likeness (QED) is 0.735. The Hall–Kier alpha value is -2.14. The molecule has 0 aliphatic carbocycles. The Balaban J connectivity index is 2.29. The van der Waals surface area contributed by atoms with E-state index in [1.165, 1.54) is 12.1 Å². The van der Waals surface area contributed by atoms with Gasteiger partial charge in [0.25, 0.3) is 0 Å². The molecular weight excluding hydrogens is 277 g/mol. The summed E-state index contributed by atoms with van der Waals surface area (Å²) < 4.78 is 38.3. The van der Waals surface area contributed by atoms with Gasteiger partial charge in [0.15, 0.2) is 0 Å². The van der Waals surface area contributed by atoms with Crippen molar-refractivity contribution in [3.05, 3.63) is 60.0 Å². The minimum Gasteiger partial charge on any atom is -0.358 e. The van der Waals surface area contributed by atoms with E-state index in [0.717, 1.165) is 17.6 Å². The van der Waals surface area contributed by atoms with Gasteiger partial charge in [0.2, 0.25) is 9.84 Å². The summed E-state index contributed by atoms with van der Waals surface area (Å²) in [6.07, 6.45) is 0. The minimum atomic E-state index is -3.67. The molecule has 0 radical (unpaired) electrons. The molecule has 1 heterocycles. The van der Waals surface area contributed by atoms with E-state index in [1.54, 1.807) is 19.1 Å². The molecule has 0 spiro atoms. The van der Waals surface area contributed by atoms with Gasteiger partial charge in [-0.05, 0) is 37.3 Å². The lowest BCUT2D eigenvalue weighted by atomic mass is 10.2. The molecule has 0 unspecified atom stereocenters. The summed E-state index contributed by atoms with van der Waals surface area (Å²) in [4.78, 5) is 3.40. The van der Waals surface area contributed by atoms with Crippen LogP contribution in [-0.2, 0) is 9.84 Å². The highest BCUT2D eigenvalue weighted by atomic mass is 32.2. The molecule has 3 aromatic rings. The summed E-state index contributed by atoms with van der Waals surface area (Å²) in [5.74, 6) is -0.459. The van der Waals surface area contributed by atoms with E-state index in [1.807, 2.05) is 12.1 Å². The lowest BCUT2D eigenvalue weighted by Crippen LogP contribution is -2.03. The Morgan fingerprint density at radius 3 is 2.35 bits per heavy atom. The zero-order valence-electron chi connectivity index (χ0n) is 10.7. The standard InChI is InChI=1S/C15H12FNO2S/c1-10-15(13-4-2-3-5-14(13)17-10)20(18,19)12-8-6-11(16)7-9-12/h2-9,17H,1H3. The van der Waals surface area contributed by atoms with E-state index < -0.39 is 15.7 Å². The normalized spacial score (nSPS) is 11.9. The smallest absolute Gasteiger partial charge is 0.208 e. The predicted molar refractivity (Wildman–Crippen MR) is 74.9 cm³/mol. The Morgan fingerprint density at radius 1 is 1.00 bits per heavy atom. The number of rotatable bonds is 2. The number of H-pyrrole nitrogens is 1. The summed E-state index contributed by atoms with van der Waals surface area (Å²) in [6.45, 7) is 1.72. The molecule has 0 atom stereocenters. The molecule has 1 aromatic heterocycles. The van der Waals surface area contributed by atoms with Crippen molar-refractivity contribution in [2.75, 3.05) is 0 Å². The van der Waals surface area contributed by atoms with Gasteiger partial charge in [0, 0.05) is 16.6 Å². The summed E-state index contributed by atoms with van der Waals surface area (Å²) in [5, 5.41) is 0.648. The Morgan fingerprint density at radius 2 is 1.65 bits per heavy atom. The van der Waals surface area contributed by atoms with Crippen molar-refractivity contribution in [1.29, 1.82) is 0 Å². The zero-order chi connectivity index (χ0) is 14.3. The molecule has 0 aliphatic rings. The van der Waals surface area contributed by atoms with Gasteiger partial charge >= 0.3 is 0 Å². The molecule has 5 heteroatoms. The van der Waals surface area contributed by atoms with Crippen LogP contribution in [0.5, 0.6) is 0 Å². The Kier molecular flexibility index (Phi) is 2.87. The van der Waals surface area contributed by atoms with Crippen LogP contribution in [0.25, 0.3) is 10.9 Å². The van der Waals surface area contributed by atoms with Crippen molar-refractivity contribution < 1.29 is 12.8 Å². The first kappa shape index (κ1) is 12.9. The van der Waals surface area contributed by atoms with E-state index in [4.69, 9.17) is 0 Å². The zero-order valence-corrected chi connectivity index (χ0v) is 11.5. The second kappa shape index (κ2) is 4.45. The highest BCUT2D eigenvalue weighted by Crippen LogP contribution is 2.31. The highest BCUT2D eigenvalue weighted by molar-refractivity contribution is 7.91. The number of aromatic amines is 1. The summed E-state index contributed by atoms with van der Waals surface area (Å²) in [6, 6.07) is 12.1. The van der Waals surface area contributed by atoms with Gasteiger partial charge in [0.05, 0.1) is 9.79 Å². The van der Waals surface area contributed by atoms with Crippen LogP contribution in [-0.4, -0.2) is 13.4 Å². The molecule has 0 amide bonds. The van der Waals surface area contributed by atoms with Gasteiger partial charge in [-0.2, -0.15) is 0 Å². The topological polar surface area (TPSA) is 49.9 Å². The Bertz CT molecular complexity index is 880. The van der Waals surface area contributed by atoms with Crippen LogP contribution in [0.3, 0.4) is 0 Å². The molecular formula is C15H12FNO2S. The molecule has 0 saturated heterocycles. The summed E-state index contributed by atoms with van der Waals surface area (Å²) >= 11 is 0. The maximum Gasteiger partial charge on any atom is 0.208 e. The number of aryl methyl sites for hydroxylation is 1. The number of hydrogen-bond acceptors (Lipinski definition) is 2. The van der Waals surface area contributed by atoms with Crippen molar-refractivity contribution in [2.24, 2.45) is 0 Å². The summed E-state index contributed by atoms with van der Waals surface area (Å²) in [5.41, 5.74) is 1.35. The van der Waals surface area contributed by atoms with E-state index in [9.17, 15) is 12.8 Å². The largest absolute Gasteiger partial charge is 0.358 e. The molecule has 0 saturated carbocycles. The second-order valence-corrected chi connectivity index (χ2v) is 6.47. The second-order valence-electron chi connectivity index (χ2n) is 4.58. The average Bonchev–Trinajstić information content (AvgIpc) is 2.75. The van der Waals surface area contributed by atoms with Gasteiger partial charge in [-0.25, -0.2) is 12.8 Å². The van der Waals surface area contributed by atoms with Crippen LogP contribution >= 0.6 is 0 Å². The van der Waals surface area contributed by atoms with Crippen molar-refractivity contribution >= 4 is 20.7 Å².